The van der Waals surface area contributed by atoms with Crippen LogP contribution in [-0.4, -0.2) is 22.2 Å². The van der Waals surface area contributed by atoms with Gasteiger partial charge in [-0.2, -0.15) is 18.3 Å². The molecule has 0 saturated carbocycles. The first kappa shape index (κ1) is 18.3. The number of nitrogens with one attached hydrogen (secondary N) is 1. The molecule has 0 saturated heterocycles. The number of hydrogen-bond donors (Lipinski definition) is 1. The van der Waals surface area contributed by atoms with Crippen molar-refractivity contribution in [2.45, 2.75) is 33.0 Å². The summed E-state index contributed by atoms with van der Waals surface area (Å²) in [5.74, 6) is -0.209. The van der Waals surface area contributed by atoms with Gasteiger partial charge in [0.05, 0.1) is 10.7 Å². The lowest BCUT2D eigenvalue weighted by atomic mass is 10.1. The van der Waals surface area contributed by atoms with Crippen molar-refractivity contribution < 1.29 is 18.0 Å². The molecule has 4 nitrogen and oxygen atoms in total. The van der Waals surface area contributed by atoms with Crippen molar-refractivity contribution in [3.63, 3.8) is 0 Å². The van der Waals surface area contributed by atoms with Gasteiger partial charge in [-0.3, -0.25) is 9.48 Å². The summed E-state index contributed by atoms with van der Waals surface area (Å²) in [6.45, 7) is 3.88. The maximum absolute atomic E-state index is 12.7. The normalized spacial score (nSPS) is 11.6. The van der Waals surface area contributed by atoms with E-state index >= 15 is 0 Å². The Morgan fingerprint density at radius 1 is 1.29 bits per heavy atom. The Morgan fingerprint density at radius 3 is 2.54 bits per heavy atom. The number of aromatic nitrogens is 2. The van der Waals surface area contributed by atoms with Crippen LogP contribution in [0, 0.1) is 13.8 Å². The highest BCUT2D eigenvalue weighted by atomic mass is 35.5. The molecule has 0 bridgehead atoms. The number of nitrogens with zero attached hydrogens (tertiary/aromatic N) is 2. The average Bonchev–Trinajstić information content (AvgIpc) is 2.80. The van der Waals surface area contributed by atoms with Crippen molar-refractivity contribution in [2.75, 3.05) is 6.54 Å². The van der Waals surface area contributed by atoms with E-state index in [-0.39, 0.29) is 23.2 Å². The molecule has 1 aromatic carbocycles. The molecule has 0 atom stereocenters. The van der Waals surface area contributed by atoms with E-state index in [1.165, 1.54) is 11.6 Å². The minimum absolute atomic E-state index is 0.209. The van der Waals surface area contributed by atoms with Gasteiger partial charge >= 0.3 is 6.18 Å². The van der Waals surface area contributed by atoms with Gasteiger partial charge in [0.15, 0.2) is 5.69 Å². The van der Waals surface area contributed by atoms with Gasteiger partial charge in [-0.15, -0.1) is 0 Å². The summed E-state index contributed by atoms with van der Waals surface area (Å²) >= 11 is 5.69. The third kappa shape index (κ3) is 4.08. The maximum Gasteiger partial charge on any atom is 0.436 e. The fourth-order valence-corrected chi connectivity index (χ4v) is 2.52. The van der Waals surface area contributed by atoms with Crippen molar-refractivity contribution in [3.05, 3.63) is 51.8 Å². The summed E-state index contributed by atoms with van der Waals surface area (Å²) in [6.07, 6.45) is -4.14. The molecule has 0 aliphatic carbocycles. The Balaban J connectivity index is 1.91. The Hall–Kier alpha value is -2.02. The lowest BCUT2D eigenvalue weighted by Gasteiger charge is -2.08. The van der Waals surface area contributed by atoms with Crippen LogP contribution >= 0.6 is 11.6 Å². The standard InChI is InChI=1S/C16H17ClF3N3O/c1-10-6-3-4-7-12(10)15(24)21-8-5-9-23-11(2)13(17)14(22-23)16(18,19)20/h3-4,6-7H,5,8-9H2,1-2H3,(H,21,24). The molecule has 0 fully saturated rings. The molecule has 1 amide bonds. The van der Waals surface area contributed by atoms with Gasteiger partial charge in [0, 0.05) is 18.7 Å². The smallest absolute Gasteiger partial charge is 0.352 e. The summed E-state index contributed by atoms with van der Waals surface area (Å²) in [5.41, 5.74) is 0.620. The highest BCUT2D eigenvalue weighted by molar-refractivity contribution is 6.31. The quantitative estimate of drug-likeness (QED) is 0.820. The first-order chi connectivity index (χ1) is 11.2. The molecule has 130 valence electrons. The van der Waals surface area contributed by atoms with Gasteiger partial charge in [-0.05, 0) is 31.9 Å². The molecule has 1 aromatic heterocycles. The molecule has 0 unspecified atom stereocenters. The summed E-state index contributed by atoms with van der Waals surface area (Å²) < 4.78 is 39.4. The van der Waals surface area contributed by atoms with Crippen LogP contribution < -0.4 is 5.32 Å². The first-order valence-electron chi connectivity index (χ1n) is 7.35. The Kier molecular flexibility index (Phi) is 5.54. The van der Waals surface area contributed by atoms with Gasteiger partial charge in [-0.25, -0.2) is 0 Å². The molecule has 0 aliphatic heterocycles. The predicted molar refractivity (Wildman–Crippen MR) is 85.1 cm³/mol. The van der Waals surface area contributed by atoms with E-state index in [0.717, 1.165) is 5.56 Å². The third-order valence-electron chi connectivity index (χ3n) is 3.62. The highest BCUT2D eigenvalue weighted by Gasteiger charge is 2.38. The van der Waals surface area contributed by atoms with Crippen LogP contribution in [0.25, 0.3) is 0 Å². The fraction of sp³-hybridized carbons (Fsp3) is 0.375. The summed E-state index contributed by atoms with van der Waals surface area (Å²) in [6, 6.07) is 7.17. The van der Waals surface area contributed by atoms with E-state index < -0.39 is 11.9 Å². The zero-order valence-electron chi connectivity index (χ0n) is 13.2. The Bertz CT molecular complexity index is 741. The highest BCUT2D eigenvalue weighted by Crippen LogP contribution is 2.35. The van der Waals surface area contributed by atoms with Crippen LogP contribution in [0.4, 0.5) is 13.2 Å². The zero-order chi connectivity index (χ0) is 17.9. The molecule has 8 heteroatoms. The second kappa shape index (κ2) is 7.25. The topological polar surface area (TPSA) is 46.9 Å². The number of carbonyl (C=O) groups excluding carboxylic acids is 1. The van der Waals surface area contributed by atoms with E-state index in [1.807, 2.05) is 19.1 Å². The van der Waals surface area contributed by atoms with E-state index in [1.54, 1.807) is 12.1 Å². The molecule has 2 rings (SSSR count). The zero-order valence-corrected chi connectivity index (χ0v) is 14.0. The molecule has 0 aliphatic rings. The average molecular weight is 360 g/mol. The van der Waals surface area contributed by atoms with Crippen LogP contribution in [0.2, 0.25) is 5.02 Å². The molecule has 1 heterocycles. The molecular weight excluding hydrogens is 343 g/mol. The van der Waals surface area contributed by atoms with Crippen LogP contribution in [0.1, 0.15) is 33.7 Å². The predicted octanol–water partition coefficient (Wildman–Crippen LogP) is 3.99. The van der Waals surface area contributed by atoms with Crippen molar-refractivity contribution in [1.82, 2.24) is 15.1 Å². The van der Waals surface area contributed by atoms with E-state index in [4.69, 9.17) is 11.6 Å². The third-order valence-corrected chi connectivity index (χ3v) is 4.08. The van der Waals surface area contributed by atoms with Crippen LogP contribution in [0.5, 0.6) is 0 Å². The van der Waals surface area contributed by atoms with Crippen LogP contribution in [0.15, 0.2) is 24.3 Å². The Morgan fingerprint density at radius 2 is 1.96 bits per heavy atom. The minimum Gasteiger partial charge on any atom is -0.352 e. The minimum atomic E-state index is -4.58. The summed E-state index contributed by atoms with van der Waals surface area (Å²) in [5, 5.41) is 5.88. The largest absolute Gasteiger partial charge is 0.436 e. The molecule has 1 N–H and O–H groups in total. The Labute approximate surface area is 142 Å². The second-order valence-corrected chi connectivity index (χ2v) is 5.77. The van der Waals surface area contributed by atoms with Crippen molar-refractivity contribution in [1.29, 1.82) is 0 Å². The van der Waals surface area contributed by atoms with E-state index in [2.05, 4.69) is 10.4 Å². The van der Waals surface area contributed by atoms with Crippen molar-refractivity contribution in [2.24, 2.45) is 0 Å². The molecular formula is C16H17ClF3N3O. The molecule has 0 spiro atoms. The van der Waals surface area contributed by atoms with Crippen molar-refractivity contribution in [3.8, 4) is 0 Å². The monoisotopic (exact) mass is 359 g/mol. The number of rotatable bonds is 5. The molecule has 24 heavy (non-hydrogen) atoms. The maximum atomic E-state index is 12.7. The van der Waals surface area contributed by atoms with Gasteiger partial charge in [0.2, 0.25) is 0 Å². The van der Waals surface area contributed by atoms with Gasteiger partial charge in [-0.1, -0.05) is 29.8 Å². The number of halogens is 4. The van der Waals surface area contributed by atoms with E-state index in [0.29, 0.717) is 18.5 Å². The number of alkyl halides is 3. The first-order valence-corrected chi connectivity index (χ1v) is 7.73. The summed E-state index contributed by atoms with van der Waals surface area (Å²) in [4.78, 5) is 12.0. The summed E-state index contributed by atoms with van der Waals surface area (Å²) in [7, 11) is 0. The number of carbonyl (C=O) groups is 1. The fourth-order valence-electron chi connectivity index (χ4n) is 2.28. The lowest BCUT2D eigenvalue weighted by Crippen LogP contribution is -2.26. The molecule has 2 aromatic rings. The van der Waals surface area contributed by atoms with Crippen LogP contribution in [0.3, 0.4) is 0 Å². The number of amides is 1. The van der Waals surface area contributed by atoms with Gasteiger partial charge < -0.3 is 5.32 Å². The SMILES string of the molecule is Cc1ccccc1C(=O)NCCCn1nc(C(F)(F)F)c(Cl)c1C. The van der Waals surface area contributed by atoms with Gasteiger partial charge in [0.25, 0.3) is 5.91 Å². The number of aryl methyl sites for hydroxylation is 2. The second-order valence-electron chi connectivity index (χ2n) is 5.39. The van der Waals surface area contributed by atoms with Gasteiger partial charge in [0.1, 0.15) is 0 Å². The van der Waals surface area contributed by atoms with Crippen molar-refractivity contribution >= 4 is 17.5 Å². The van der Waals surface area contributed by atoms with E-state index in [9.17, 15) is 18.0 Å². The number of hydrogen-bond acceptors (Lipinski definition) is 2. The molecule has 0 radical (unpaired) electrons. The number of benzene rings is 1. The van der Waals surface area contributed by atoms with Crippen LogP contribution in [-0.2, 0) is 12.7 Å². The lowest BCUT2D eigenvalue weighted by molar-refractivity contribution is -0.141.